The van der Waals surface area contributed by atoms with Crippen molar-refractivity contribution in [1.82, 2.24) is 20.2 Å². The maximum Gasteiger partial charge on any atom is 0.254 e. The molecule has 2 amide bonds. The molecule has 0 aliphatic carbocycles. The summed E-state index contributed by atoms with van der Waals surface area (Å²) in [5.41, 5.74) is 1.47. The van der Waals surface area contributed by atoms with Gasteiger partial charge >= 0.3 is 0 Å². The Morgan fingerprint density at radius 1 is 1.38 bits per heavy atom. The summed E-state index contributed by atoms with van der Waals surface area (Å²) < 4.78 is 5.74. The van der Waals surface area contributed by atoms with Crippen LogP contribution in [0.5, 0.6) is 0 Å². The lowest BCUT2D eigenvalue weighted by Crippen LogP contribution is -2.42. The van der Waals surface area contributed by atoms with Gasteiger partial charge in [0, 0.05) is 19.0 Å². The SMILES string of the molecule is CC(=O)NCc1cnc([C@@H]2CN(C(=O)c3ccccc3)CCO2)[nH]1. The molecular weight excluding hydrogens is 308 g/mol. The summed E-state index contributed by atoms with van der Waals surface area (Å²) in [4.78, 5) is 32.8. The Bertz CT molecular complexity index is 714. The molecule has 1 aliphatic heterocycles. The van der Waals surface area contributed by atoms with Crippen LogP contribution in [-0.4, -0.2) is 46.4 Å². The van der Waals surface area contributed by atoms with Gasteiger partial charge in [-0.15, -0.1) is 0 Å². The zero-order chi connectivity index (χ0) is 16.9. The van der Waals surface area contributed by atoms with Crippen LogP contribution in [0.3, 0.4) is 0 Å². The summed E-state index contributed by atoms with van der Waals surface area (Å²) in [6.07, 6.45) is 1.38. The Hall–Kier alpha value is -2.67. The van der Waals surface area contributed by atoms with E-state index in [1.165, 1.54) is 6.92 Å². The number of rotatable bonds is 4. The van der Waals surface area contributed by atoms with Crippen molar-refractivity contribution in [2.75, 3.05) is 19.7 Å². The number of aromatic nitrogens is 2. The van der Waals surface area contributed by atoms with Crippen LogP contribution in [0.15, 0.2) is 36.5 Å². The standard InChI is InChI=1S/C17H20N4O3/c1-12(22)18-9-14-10-19-16(20-14)15-11-21(7-8-24-15)17(23)13-5-3-2-4-6-13/h2-6,10,15H,7-9,11H2,1H3,(H,18,22)(H,19,20)/t15-/m0/s1. The molecule has 1 fully saturated rings. The number of benzene rings is 1. The van der Waals surface area contributed by atoms with Crippen LogP contribution >= 0.6 is 0 Å². The molecule has 7 nitrogen and oxygen atoms in total. The number of morpholine rings is 1. The lowest BCUT2D eigenvalue weighted by molar-refractivity contribution is -0.119. The first kappa shape index (κ1) is 16.2. The van der Waals surface area contributed by atoms with E-state index in [0.717, 1.165) is 5.69 Å². The molecule has 2 heterocycles. The second-order valence-corrected chi connectivity index (χ2v) is 5.68. The van der Waals surface area contributed by atoms with E-state index in [0.29, 0.717) is 37.6 Å². The number of carbonyl (C=O) groups is 2. The van der Waals surface area contributed by atoms with Crippen LogP contribution in [0.4, 0.5) is 0 Å². The van der Waals surface area contributed by atoms with Crippen molar-refractivity contribution in [2.45, 2.75) is 19.6 Å². The minimum atomic E-state index is -0.294. The number of imidazole rings is 1. The van der Waals surface area contributed by atoms with E-state index in [-0.39, 0.29) is 17.9 Å². The number of ether oxygens (including phenoxy) is 1. The molecule has 1 saturated heterocycles. The Morgan fingerprint density at radius 2 is 2.17 bits per heavy atom. The van der Waals surface area contributed by atoms with Crippen LogP contribution < -0.4 is 5.32 Å². The van der Waals surface area contributed by atoms with Gasteiger partial charge in [-0.1, -0.05) is 18.2 Å². The summed E-state index contributed by atoms with van der Waals surface area (Å²) >= 11 is 0. The molecule has 1 aromatic carbocycles. The fourth-order valence-electron chi connectivity index (χ4n) is 2.61. The van der Waals surface area contributed by atoms with E-state index in [9.17, 15) is 9.59 Å². The Labute approximate surface area is 140 Å². The molecule has 0 spiro atoms. The molecule has 0 saturated carbocycles. The smallest absolute Gasteiger partial charge is 0.254 e. The van der Waals surface area contributed by atoms with Gasteiger partial charge in [0.25, 0.3) is 5.91 Å². The van der Waals surface area contributed by atoms with Crippen LogP contribution in [-0.2, 0) is 16.1 Å². The number of carbonyl (C=O) groups excluding carboxylic acids is 2. The van der Waals surface area contributed by atoms with Crippen molar-refractivity contribution < 1.29 is 14.3 Å². The highest BCUT2D eigenvalue weighted by atomic mass is 16.5. The highest BCUT2D eigenvalue weighted by molar-refractivity contribution is 5.94. The Kier molecular flexibility index (Phi) is 4.90. The van der Waals surface area contributed by atoms with E-state index in [4.69, 9.17) is 4.74 Å². The van der Waals surface area contributed by atoms with Crippen molar-refractivity contribution in [3.05, 3.63) is 53.6 Å². The first-order valence-corrected chi connectivity index (χ1v) is 7.87. The summed E-state index contributed by atoms with van der Waals surface area (Å²) in [6.45, 7) is 3.33. The third-order valence-corrected chi connectivity index (χ3v) is 3.86. The quantitative estimate of drug-likeness (QED) is 0.884. The van der Waals surface area contributed by atoms with E-state index in [1.54, 1.807) is 11.1 Å². The van der Waals surface area contributed by atoms with Crippen molar-refractivity contribution in [2.24, 2.45) is 0 Å². The number of nitrogens with zero attached hydrogens (tertiary/aromatic N) is 2. The van der Waals surface area contributed by atoms with Gasteiger partial charge in [0.05, 0.1) is 31.6 Å². The topological polar surface area (TPSA) is 87.3 Å². The largest absolute Gasteiger partial charge is 0.367 e. The monoisotopic (exact) mass is 328 g/mol. The maximum atomic E-state index is 12.6. The van der Waals surface area contributed by atoms with Crippen molar-refractivity contribution in [3.63, 3.8) is 0 Å². The first-order valence-electron chi connectivity index (χ1n) is 7.87. The van der Waals surface area contributed by atoms with Gasteiger partial charge in [-0.05, 0) is 12.1 Å². The number of H-pyrrole nitrogens is 1. The number of hydrogen-bond donors (Lipinski definition) is 2. The van der Waals surface area contributed by atoms with Crippen molar-refractivity contribution >= 4 is 11.8 Å². The van der Waals surface area contributed by atoms with Gasteiger partial charge in [0.15, 0.2) is 0 Å². The molecule has 24 heavy (non-hydrogen) atoms. The van der Waals surface area contributed by atoms with Crippen LogP contribution in [0.2, 0.25) is 0 Å². The summed E-state index contributed by atoms with van der Waals surface area (Å²) in [6, 6.07) is 9.22. The summed E-state index contributed by atoms with van der Waals surface area (Å²) in [5, 5.41) is 2.71. The molecule has 1 aromatic heterocycles. The third kappa shape index (κ3) is 3.80. The molecular formula is C17H20N4O3. The zero-order valence-corrected chi connectivity index (χ0v) is 13.5. The van der Waals surface area contributed by atoms with Crippen molar-refractivity contribution in [1.29, 1.82) is 0 Å². The Balaban J connectivity index is 1.65. The van der Waals surface area contributed by atoms with Gasteiger partial charge in [-0.3, -0.25) is 9.59 Å². The van der Waals surface area contributed by atoms with Crippen molar-refractivity contribution in [3.8, 4) is 0 Å². The fourth-order valence-corrected chi connectivity index (χ4v) is 2.61. The van der Waals surface area contributed by atoms with Crippen LogP contribution in [0.1, 0.15) is 34.9 Å². The average Bonchev–Trinajstić information content (AvgIpc) is 3.09. The molecule has 7 heteroatoms. The Morgan fingerprint density at radius 3 is 2.92 bits per heavy atom. The predicted molar refractivity (Wildman–Crippen MR) is 87.1 cm³/mol. The fraction of sp³-hybridized carbons (Fsp3) is 0.353. The normalized spacial score (nSPS) is 17.5. The minimum absolute atomic E-state index is 0.00562. The first-order chi connectivity index (χ1) is 11.6. The molecule has 0 unspecified atom stereocenters. The van der Waals surface area contributed by atoms with Gasteiger partial charge < -0.3 is 19.9 Å². The summed E-state index contributed by atoms with van der Waals surface area (Å²) in [7, 11) is 0. The highest BCUT2D eigenvalue weighted by Gasteiger charge is 2.27. The molecule has 0 bridgehead atoms. The van der Waals surface area contributed by atoms with Crippen LogP contribution in [0.25, 0.3) is 0 Å². The van der Waals surface area contributed by atoms with Gasteiger partial charge in [0.1, 0.15) is 11.9 Å². The number of aromatic amines is 1. The molecule has 3 rings (SSSR count). The van der Waals surface area contributed by atoms with Gasteiger partial charge in [-0.2, -0.15) is 0 Å². The predicted octanol–water partition coefficient (Wildman–Crippen LogP) is 1.26. The maximum absolute atomic E-state index is 12.6. The van der Waals surface area contributed by atoms with Gasteiger partial charge in [0.2, 0.25) is 5.91 Å². The lowest BCUT2D eigenvalue weighted by atomic mass is 10.1. The molecule has 126 valence electrons. The average molecular weight is 328 g/mol. The second-order valence-electron chi connectivity index (χ2n) is 5.68. The zero-order valence-electron chi connectivity index (χ0n) is 13.5. The summed E-state index contributed by atoms with van der Waals surface area (Å²) in [5.74, 6) is 0.564. The number of amides is 2. The number of hydrogen-bond acceptors (Lipinski definition) is 4. The van der Waals surface area contributed by atoms with E-state index in [2.05, 4.69) is 15.3 Å². The van der Waals surface area contributed by atoms with E-state index < -0.39 is 0 Å². The van der Waals surface area contributed by atoms with E-state index >= 15 is 0 Å². The highest BCUT2D eigenvalue weighted by Crippen LogP contribution is 2.21. The molecule has 1 atom stereocenters. The van der Waals surface area contributed by atoms with Crippen LogP contribution in [0, 0.1) is 0 Å². The third-order valence-electron chi connectivity index (χ3n) is 3.86. The molecule has 2 N–H and O–H groups in total. The molecule has 2 aromatic rings. The minimum Gasteiger partial charge on any atom is -0.367 e. The molecule has 1 aliphatic rings. The molecule has 0 radical (unpaired) electrons. The lowest BCUT2D eigenvalue weighted by Gasteiger charge is -2.32. The van der Waals surface area contributed by atoms with Gasteiger partial charge in [-0.25, -0.2) is 4.98 Å². The second kappa shape index (κ2) is 7.27. The van der Waals surface area contributed by atoms with E-state index in [1.807, 2.05) is 30.3 Å². The number of nitrogens with one attached hydrogen (secondary N) is 2.